The Morgan fingerprint density at radius 1 is 0.977 bits per heavy atom. The van der Waals surface area contributed by atoms with Gasteiger partial charge in [0, 0.05) is 31.4 Å². The number of likely N-dealkylation sites (tertiary alicyclic amines) is 2. The van der Waals surface area contributed by atoms with Crippen LogP contribution >= 0.6 is 0 Å². The molecule has 4 saturated carbocycles. The quantitative estimate of drug-likeness (QED) is 0.164. The molecule has 0 aromatic heterocycles. The zero-order chi connectivity index (χ0) is 30.4. The highest BCUT2D eigenvalue weighted by molar-refractivity contribution is 5.66. The fourth-order valence-electron chi connectivity index (χ4n) is 12.3. The molecule has 43 heavy (non-hydrogen) atoms. The van der Waals surface area contributed by atoms with E-state index in [1.807, 2.05) is 0 Å². The molecule has 5 nitrogen and oxygen atoms in total. The monoisotopic (exact) mass is 597 g/mol. The summed E-state index contributed by atoms with van der Waals surface area (Å²) in [5.41, 5.74) is 0.478. The van der Waals surface area contributed by atoms with Crippen LogP contribution in [0, 0.1) is 40.4 Å². The summed E-state index contributed by atoms with van der Waals surface area (Å²) in [5.74, 6) is 3.49. The van der Waals surface area contributed by atoms with Crippen LogP contribution in [0.5, 0.6) is 0 Å². The Balaban J connectivity index is 1.29. The van der Waals surface area contributed by atoms with Crippen LogP contribution in [0.3, 0.4) is 0 Å². The smallest absolute Gasteiger partial charge is 0.303 e. The van der Waals surface area contributed by atoms with Crippen molar-refractivity contribution in [2.24, 2.45) is 40.4 Å². The highest BCUT2D eigenvalue weighted by Gasteiger charge is 2.67. The third-order valence-corrected chi connectivity index (χ3v) is 14.3. The first-order valence-corrected chi connectivity index (χ1v) is 18.6. The fourth-order valence-corrected chi connectivity index (χ4v) is 12.3. The molecule has 244 valence electrons. The van der Waals surface area contributed by atoms with Crippen LogP contribution in [0.1, 0.15) is 118 Å². The minimum absolute atomic E-state index is 0.0424. The standard InChI is InChI=1S/C38H65N2O3/c1-7-20-40(21-12-9-13-22-40)34-24-32-30-15-14-29-23-35(42-26-27(2)3)33(39-18-10-8-11-19-39)25-38(29,6)31(30)16-17-37(32,5)36(34)43-28(4)41/h7,27,29-36H,1,8-26H2,2-6H3/q+1/t29?,30-,31-,32+,33?,34?,35?,36?,37+,38+/m1/s1. The van der Waals surface area contributed by atoms with Gasteiger partial charge in [0.2, 0.25) is 0 Å². The van der Waals surface area contributed by atoms with Crippen molar-refractivity contribution in [2.75, 3.05) is 39.3 Å². The van der Waals surface area contributed by atoms with E-state index >= 15 is 0 Å². The van der Waals surface area contributed by atoms with Crippen LogP contribution in [0.25, 0.3) is 0 Å². The number of ether oxygens (including phenoxy) is 2. The molecule has 0 aromatic rings. The lowest BCUT2D eigenvalue weighted by atomic mass is 9.44. The van der Waals surface area contributed by atoms with Crippen LogP contribution in [-0.4, -0.2) is 79.0 Å². The van der Waals surface area contributed by atoms with Crippen molar-refractivity contribution in [2.45, 2.75) is 142 Å². The third-order valence-electron chi connectivity index (χ3n) is 14.3. The number of esters is 1. The molecule has 6 aliphatic rings. The molecule has 5 unspecified atom stereocenters. The molecule has 0 bridgehead atoms. The summed E-state index contributed by atoms with van der Waals surface area (Å²) in [7, 11) is 0. The van der Waals surface area contributed by atoms with Gasteiger partial charge in [-0.2, -0.15) is 0 Å². The maximum atomic E-state index is 12.7. The Morgan fingerprint density at radius 3 is 2.37 bits per heavy atom. The topological polar surface area (TPSA) is 38.8 Å². The van der Waals surface area contributed by atoms with E-state index < -0.39 is 0 Å². The molecule has 2 aliphatic heterocycles. The number of rotatable bonds is 8. The van der Waals surface area contributed by atoms with Gasteiger partial charge in [-0.15, -0.1) is 0 Å². The summed E-state index contributed by atoms with van der Waals surface area (Å²) in [4.78, 5) is 15.5. The van der Waals surface area contributed by atoms with Crippen LogP contribution in [0.2, 0.25) is 0 Å². The largest absolute Gasteiger partial charge is 0.456 e. The lowest BCUT2D eigenvalue weighted by Crippen LogP contribution is -2.63. The van der Waals surface area contributed by atoms with Crippen LogP contribution in [-0.2, 0) is 14.3 Å². The number of piperidine rings is 2. The second-order valence-corrected chi connectivity index (χ2v) is 17.1. The van der Waals surface area contributed by atoms with Gasteiger partial charge in [-0.3, -0.25) is 9.69 Å². The van der Waals surface area contributed by atoms with Crippen molar-refractivity contribution in [3.63, 3.8) is 0 Å². The summed E-state index contributed by atoms with van der Waals surface area (Å²) >= 11 is 0. The predicted octanol–water partition coefficient (Wildman–Crippen LogP) is 7.63. The highest BCUT2D eigenvalue weighted by Crippen LogP contribution is 2.68. The molecule has 2 heterocycles. The molecule has 2 saturated heterocycles. The minimum atomic E-state index is -0.0764. The van der Waals surface area contributed by atoms with Gasteiger partial charge in [-0.05, 0) is 125 Å². The third kappa shape index (κ3) is 5.79. The average molecular weight is 598 g/mol. The normalized spacial score (nSPS) is 44.7. The van der Waals surface area contributed by atoms with E-state index in [-0.39, 0.29) is 17.5 Å². The number of quaternary nitrogens is 1. The van der Waals surface area contributed by atoms with Crippen LogP contribution in [0.4, 0.5) is 0 Å². The average Bonchev–Trinajstić information content (AvgIpc) is 3.29. The van der Waals surface area contributed by atoms with Crippen molar-refractivity contribution in [3.05, 3.63) is 12.7 Å². The van der Waals surface area contributed by atoms with E-state index in [2.05, 4.69) is 45.2 Å². The first-order chi connectivity index (χ1) is 20.6. The molecular formula is C38H65N2O3+. The molecule has 10 atom stereocenters. The SMILES string of the molecule is C=CC[N+]1(C2C[C@H]3[C@@H]4CCC5CC(OCC(C)C)C(N6CCCCC6)C[C@]5(C)[C@@H]4CC[C@]3(C)C2OC(C)=O)CCCCC1. The molecular weight excluding hydrogens is 532 g/mol. The van der Waals surface area contributed by atoms with Gasteiger partial charge in [0.25, 0.3) is 0 Å². The van der Waals surface area contributed by atoms with Gasteiger partial charge in [0.1, 0.15) is 6.04 Å². The van der Waals surface area contributed by atoms with Gasteiger partial charge in [0.15, 0.2) is 6.10 Å². The number of carbonyl (C=O) groups is 1. The van der Waals surface area contributed by atoms with E-state index in [4.69, 9.17) is 9.47 Å². The number of hydrogen-bond acceptors (Lipinski definition) is 4. The Hall–Kier alpha value is -0.910. The van der Waals surface area contributed by atoms with E-state index in [9.17, 15) is 4.79 Å². The van der Waals surface area contributed by atoms with Gasteiger partial charge in [-0.25, -0.2) is 0 Å². The van der Waals surface area contributed by atoms with Crippen molar-refractivity contribution in [3.8, 4) is 0 Å². The predicted molar refractivity (Wildman–Crippen MR) is 175 cm³/mol. The number of nitrogens with zero attached hydrogens (tertiary/aromatic N) is 2. The molecule has 5 heteroatoms. The van der Waals surface area contributed by atoms with Gasteiger partial charge in [-0.1, -0.05) is 40.7 Å². The fraction of sp³-hybridized carbons (Fsp3) is 0.921. The second kappa shape index (κ2) is 12.7. The van der Waals surface area contributed by atoms with Crippen LogP contribution < -0.4 is 0 Å². The molecule has 6 rings (SSSR count). The molecule has 6 fully saturated rings. The van der Waals surface area contributed by atoms with Crippen molar-refractivity contribution in [1.29, 1.82) is 0 Å². The second-order valence-electron chi connectivity index (χ2n) is 17.1. The zero-order valence-electron chi connectivity index (χ0n) is 28.5. The molecule has 0 amide bonds. The van der Waals surface area contributed by atoms with E-state index in [1.165, 1.54) is 110 Å². The first-order valence-electron chi connectivity index (χ1n) is 18.6. The van der Waals surface area contributed by atoms with E-state index in [1.54, 1.807) is 6.92 Å². The summed E-state index contributed by atoms with van der Waals surface area (Å²) in [6, 6.07) is 0.995. The lowest BCUT2D eigenvalue weighted by molar-refractivity contribution is -0.952. The minimum Gasteiger partial charge on any atom is -0.456 e. The van der Waals surface area contributed by atoms with Gasteiger partial charge >= 0.3 is 5.97 Å². The van der Waals surface area contributed by atoms with Gasteiger partial charge < -0.3 is 14.0 Å². The summed E-state index contributed by atoms with van der Waals surface area (Å²) in [5, 5.41) is 0. The van der Waals surface area contributed by atoms with E-state index in [0.717, 1.165) is 35.4 Å². The van der Waals surface area contributed by atoms with Crippen molar-refractivity contribution >= 4 is 5.97 Å². The molecule has 0 N–H and O–H groups in total. The van der Waals surface area contributed by atoms with Crippen molar-refractivity contribution in [1.82, 2.24) is 4.90 Å². The summed E-state index contributed by atoms with van der Waals surface area (Å²) in [6.45, 7) is 22.6. The van der Waals surface area contributed by atoms with Crippen LogP contribution in [0.15, 0.2) is 12.7 Å². The lowest BCUT2D eigenvalue weighted by Gasteiger charge is -2.62. The molecule has 0 radical (unpaired) electrons. The Labute approximate surface area is 264 Å². The Bertz CT molecular complexity index is 986. The van der Waals surface area contributed by atoms with Crippen molar-refractivity contribution < 1.29 is 18.8 Å². The maximum absolute atomic E-state index is 12.7. The Kier molecular flexibility index (Phi) is 9.47. The Morgan fingerprint density at radius 2 is 1.70 bits per heavy atom. The maximum Gasteiger partial charge on any atom is 0.303 e. The van der Waals surface area contributed by atoms with E-state index in [0.29, 0.717) is 35.4 Å². The summed E-state index contributed by atoms with van der Waals surface area (Å²) < 4.78 is 14.4. The highest BCUT2D eigenvalue weighted by atomic mass is 16.5. The van der Waals surface area contributed by atoms with Gasteiger partial charge in [0.05, 0.1) is 25.7 Å². The summed E-state index contributed by atoms with van der Waals surface area (Å²) in [6.07, 6.45) is 19.7. The number of carbonyl (C=O) groups excluding carboxylic acids is 1. The first kappa shape index (κ1) is 32.0. The number of hydrogen-bond donors (Lipinski definition) is 0. The number of fused-ring (bicyclic) bond motifs is 5. The molecule has 4 aliphatic carbocycles. The molecule has 0 spiro atoms. The zero-order valence-corrected chi connectivity index (χ0v) is 28.5. The molecule has 0 aromatic carbocycles.